The minimum Gasteiger partial charge on any atom is -0.497 e. The molecule has 2 atom stereocenters. The van der Waals surface area contributed by atoms with E-state index >= 15 is 0 Å². The maximum absolute atomic E-state index is 10.2. The first-order chi connectivity index (χ1) is 10.1. The van der Waals surface area contributed by atoms with Gasteiger partial charge in [0.1, 0.15) is 5.75 Å². The molecule has 3 N–H and O–H groups in total. The largest absolute Gasteiger partial charge is 0.497 e. The molecule has 1 aromatic rings. The van der Waals surface area contributed by atoms with Crippen LogP contribution >= 0.6 is 24.0 Å². The number of aliphatic hydroxyl groups is 1. The number of guanidine groups is 1. The van der Waals surface area contributed by atoms with Gasteiger partial charge >= 0.3 is 0 Å². The summed E-state index contributed by atoms with van der Waals surface area (Å²) in [6.07, 6.45) is 0.371. The van der Waals surface area contributed by atoms with Crippen LogP contribution in [0.2, 0.25) is 0 Å². The van der Waals surface area contributed by atoms with E-state index in [0.717, 1.165) is 30.2 Å². The maximum atomic E-state index is 10.2. The van der Waals surface area contributed by atoms with Crippen molar-refractivity contribution in [2.75, 3.05) is 20.2 Å². The molecule has 126 valence electrons. The fourth-order valence-electron chi connectivity index (χ4n) is 1.79. The van der Waals surface area contributed by atoms with Crippen molar-refractivity contribution >= 4 is 29.9 Å². The van der Waals surface area contributed by atoms with Gasteiger partial charge in [0.25, 0.3) is 0 Å². The van der Waals surface area contributed by atoms with Crippen LogP contribution in [0.4, 0.5) is 0 Å². The van der Waals surface area contributed by atoms with Gasteiger partial charge in [-0.2, -0.15) is 0 Å². The molecule has 0 radical (unpaired) electrons. The van der Waals surface area contributed by atoms with E-state index in [1.54, 1.807) is 7.11 Å². The van der Waals surface area contributed by atoms with Crippen molar-refractivity contribution in [3.05, 3.63) is 29.8 Å². The predicted octanol–water partition coefficient (Wildman–Crippen LogP) is 2.70. The van der Waals surface area contributed by atoms with Crippen molar-refractivity contribution in [2.45, 2.75) is 39.3 Å². The van der Waals surface area contributed by atoms with E-state index in [1.165, 1.54) is 0 Å². The number of halogens is 1. The Balaban J connectivity index is 0.00000441. The Morgan fingerprint density at radius 1 is 1.36 bits per heavy atom. The van der Waals surface area contributed by atoms with Crippen molar-refractivity contribution in [1.29, 1.82) is 0 Å². The van der Waals surface area contributed by atoms with Gasteiger partial charge in [0.05, 0.1) is 19.8 Å². The molecule has 0 saturated heterocycles. The monoisotopic (exact) mass is 421 g/mol. The summed E-state index contributed by atoms with van der Waals surface area (Å²) in [5.74, 6) is 1.47. The maximum Gasteiger partial charge on any atom is 0.191 e. The van der Waals surface area contributed by atoms with Crippen LogP contribution in [0.3, 0.4) is 0 Å². The molecule has 5 nitrogen and oxygen atoms in total. The van der Waals surface area contributed by atoms with Gasteiger partial charge < -0.3 is 20.5 Å². The zero-order valence-corrected chi connectivity index (χ0v) is 16.1. The van der Waals surface area contributed by atoms with Crippen molar-refractivity contribution < 1.29 is 9.84 Å². The molecule has 0 heterocycles. The summed E-state index contributed by atoms with van der Waals surface area (Å²) in [6, 6.07) is 7.77. The number of aliphatic imine (C=N–C) groups is 1. The molecular weight excluding hydrogens is 393 g/mol. The number of aliphatic hydroxyl groups excluding tert-OH is 1. The Morgan fingerprint density at radius 3 is 2.68 bits per heavy atom. The first-order valence-electron chi connectivity index (χ1n) is 7.47. The average Bonchev–Trinajstić information content (AvgIpc) is 2.52. The third-order valence-electron chi connectivity index (χ3n) is 3.24. The van der Waals surface area contributed by atoms with Gasteiger partial charge in [0.2, 0.25) is 0 Å². The quantitative estimate of drug-likeness (QED) is 0.360. The topological polar surface area (TPSA) is 65.9 Å². The van der Waals surface area contributed by atoms with Gasteiger partial charge in [-0.1, -0.05) is 19.1 Å². The molecule has 1 rings (SSSR count). The second-order valence-corrected chi connectivity index (χ2v) is 4.97. The minimum atomic E-state index is -0.646. The van der Waals surface area contributed by atoms with E-state index in [4.69, 9.17) is 4.74 Å². The minimum absolute atomic E-state index is 0. The number of nitrogens with zero attached hydrogens (tertiary/aromatic N) is 1. The smallest absolute Gasteiger partial charge is 0.191 e. The van der Waals surface area contributed by atoms with Crippen LogP contribution in [0, 0.1) is 0 Å². The van der Waals surface area contributed by atoms with E-state index in [1.807, 2.05) is 31.2 Å². The van der Waals surface area contributed by atoms with E-state index in [0.29, 0.717) is 12.6 Å². The van der Waals surface area contributed by atoms with Crippen molar-refractivity contribution in [3.63, 3.8) is 0 Å². The summed E-state index contributed by atoms with van der Waals surface area (Å²) in [5.41, 5.74) is 0.803. The molecule has 0 fully saturated rings. The van der Waals surface area contributed by atoms with Crippen LogP contribution in [0.1, 0.15) is 38.9 Å². The number of nitrogens with one attached hydrogen (secondary N) is 2. The Kier molecular flexibility index (Phi) is 11.0. The highest BCUT2D eigenvalue weighted by atomic mass is 127. The summed E-state index contributed by atoms with van der Waals surface area (Å²) >= 11 is 0. The highest BCUT2D eigenvalue weighted by Gasteiger charge is 2.09. The highest BCUT2D eigenvalue weighted by molar-refractivity contribution is 14.0. The van der Waals surface area contributed by atoms with Crippen molar-refractivity contribution in [1.82, 2.24) is 10.6 Å². The second-order valence-electron chi connectivity index (χ2n) is 4.97. The lowest BCUT2D eigenvalue weighted by Crippen LogP contribution is -2.42. The van der Waals surface area contributed by atoms with Gasteiger partial charge in [-0.25, -0.2) is 0 Å². The molecule has 0 amide bonds. The van der Waals surface area contributed by atoms with Crippen LogP contribution in [0.15, 0.2) is 29.3 Å². The third-order valence-corrected chi connectivity index (χ3v) is 3.24. The number of rotatable bonds is 7. The second kappa shape index (κ2) is 11.5. The third kappa shape index (κ3) is 7.31. The average molecular weight is 421 g/mol. The molecule has 0 aliphatic rings. The first kappa shape index (κ1) is 21.0. The molecule has 1 aromatic carbocycles. The summed E-state index contributed by atoms with van der Waals surface area (Å²) in [7, 11) is 1.61. The van der Waals surface area contributed by atoms with Crippen LogP contribution in [-0.4, -0.2) is 37.3 Å². The zero-order chi connectivity index (χ0) is 15.7. The summed E-state index contributed by atoms with van der Waals surface area (Å²) in [5, 5.41) is 16.7. The van der Waals surface area contributed by atoms with Gasteiger partial charge in [0.15, 0.2) is 5.96 Å². The summed E-state index contributed by atoms with van der Waals surface area (Å²) in [6.45, 7) is 7.33. The molecule has 0 aromatic heterocycles. The fraction of sp³-hybridized carbons (Fsp3) is 0.562. The predicted molar refractivity (Wildman–Crippen MR) is 102 cm³/mol. The number of ether oxygens (including phenoxy) is 1. The standard InChI is InChI=1S/C16H27N3O2.HI/c1-5-12(3)19-16(17-6-2)18-11-15(20)13-8-7-9-14(10-13)21-4;/h7-10,12,15,20H,5-6,11H2,1-4H3,(H2,17,18,19);1H. The molecule has 0 saturated carbocycles. The van der Waals surface area contributed by atoms with Crippen LogP contribution in [0.5, 0.6) is 5.75 Å². The lowest BCUT2D eigenvalue weighted by atomic mass is 10.1. The fourth-order valence-corrected chi connectivity index (χ4v) is 1.79. The summed E-state index contributed by atoms with van der Waals surface area (Å²) in [4.78, 5) is 4.44. The molecule has 0 spiro atoms. The number of methoxy groups -OCH3 is 1. The Hall–Kier alpha value is -1.02. The number of hydrogen-bond donors (Lipinski definition) is 3. The van der Waals surface area contributed by atoms with Crippen LogP contribution in [-0.2, 0) is 0 Å². The Labute approximate surface area is 150 Å². The molecule has 22 heavy (non-hydrogen) atoms. The zero-order valence-electron chi connectivity index (χ0n) is 13.8. The molecule has 0 aliphatic heterocycles. The molecule has 0 bridgehead atoms. The summed E-state index contributed by atoms with van der Waals surface area (Å²) < 4.78 is 5.16. The van der Waals surface area contributed by atoms with Crippen molar-refractivity contribution in [3.8, 4) is 5.75 Å². The Bertz CT molecular complexity index is 455. The van der Waals surface area contributed by atoms with Crippen LogP contribution < -0.4 is 15.4 Å². The van der Waals surface area contributed by atoms with Gasteiger partial charge in [0, 0.05) is 12.6 Å². The van der Waals surface area contributed by atoms with Crippen LogP contribution in [0.25, 0.3) is 0 Å². The van der Waals surface area contributed by atoms with E-state index in [9.17, 15) is 5.11 Å². The SMILES string of the molecule is CCNC(=NCC(O)c1cccc(OC)c1)NC(C)CC.I. The molecule has 0 aliphatic carbocycles. The van der Waals surface area contributed by atoms with E-state index in [-0.39, 0.29) is 24.0 Å². The number of hydrogen-bond acceptors (Lipinski definition) is 3. The molecule has 2 unspecified atom stereocenters. The highest BCUT2D eigenvalue weighted by Crippen LogP contribution is 2.19. The van der Waals surface area contributed by atoms with Gasteiger partial charge in [-0.3, -0.25) is 4.99 Å². The van der Waals surface area contributed by atoms with Gasteiger partial charge in [-0.15, -0.1) is 24.0 Å². The molecular formula is C16H28IN3O2. The normalized spacial score (nSPS) is 13.8. The van der Waals surface area contributed by atoms with Crippen molar-refractivity contribution in [2.24, 2.45) is 4.99 Å². The first-order valence-corrected chi connectivity index (χ1v) is 7.47. The Morgan fingerprint density at radius 2 is 2.09 bits per heavy atom. The molecule has 6 heteroatoms. The number of benzene rings is 1. The lowest BCUT2D eigenvalue weighted by molar-refractivity contribution is 0.186. The van der Waals surface area contributed by atoms with E-state index in [2.05, 4.69) is 29.5 Å². The van der Waals surface area contributed by atoms with Gasteiger partial charge in [-0.05, 0) is 38.0 Å². The lowest BCUT2D eigenvalue weighted by Gasteiger charge is -2.17. The van der Waals surface area contributed by atoms with E-state index < -0.39 is 6.10 Å².